The summed E-state index contributed by atoms with van der Waals surface area (Å²) in [4.78, 5) is 48.2. The molecule has 1 rings (SSSR count). The number of nitrogens with one attached hydrogen (secondary N) is 1. The van der Waals surface area contributed by atoms with E-state index in [1.807, 2.05) is 0 Å². The molecule has 2 atom stereocenters. The predicted octanol–water partition coefficient (Wildman–Crippen LogP) is -1.43. The normalized spacial score (nSPS) is 21.0. The van der Waals surface area contributed by atoms with Crippen LogP contribution in [0.4, 0.5) is 0 Å². The molecule has 0 aromatic rings. The number of carbonyl (C=O) groups is 4. The van der Waals surface area contributed by atoms with E-state index in [1.54, 1.807) is 0 Å². The highest BCUT2D eigenvalue weighted by Gasteiger charge is 2.38. The van der Waals surface area contributed by atoms with Gasteiger partial charge in [0.1, 0.15) is 12.1 Å². The van der Waals surface area contributed by atoms with Crippen LogP contribution in [-0.2, 0) is 19.2 Å². The zero-order valence-electron chi connectivity index (χ0n) is 13.4. The number of nitrogens with zero attached hydrogens (tertiary/aromatic N) is 3. The molecular weight excluding hydrogens is 308 g/mol. The SMILES string of the molecule is CN(O)C(=O)CC[C@@H]1NC(=O)[C@H](CCC(=O)N(C)O)N(C)C1=O. The number of carbonyl (C=O) groups excluding carboxylic acids is 4. The lowest BCUT2D eigenvalue weighted by molar-refractivity contribution is -0.161. The summed E-state index contributed by atoms with van der Waals surface area (Å²) in [6, 6.07) is -1.65. The third-order valence-electron chi connectivity index (χ3n) is 3.73. The maximum atomic E-state index is 12.2. The van der Waals surface area contributed by atoms with Crippen LogP contribution in [0, 0.1) is 0 Å². The molecule has 10 nitrogen and oxygen atoms in total. The second-order valence-electron chi connectivity index (χ2n) is 5.44. The van der Waals surface area contributed by atoms with Gasteiger partial charge in [-0.05, 0) is 12.8 Å². The van der Waals surface area contributed by atoms with Gasteiger partial charge in [-0.1, -0.05) is 0 Å². The Hall–Kier alpha value is -2.20. The van der Waals surface area contributed by atoms with Crippen molar-refractivity contribution in [3.05, 3.63) is 0 Å². The summed E-state index contributed by atoms with van der Waals surface area (Å²) >= 11 is 0. The van der Waals surface area contributed by atoms with Gasteiger partial charge in [-0.25, -0.2) is 10.1 Å². The fourth-order valence-corrected chi connectivity index (χ4v) is 2.28. The highest BCUT2D eigenvalue weighted by atomic mass is 16.5. The average molecular weight is 330 g/mol. The summed E-state index contributed by atoms with van der Waals surface area (Å²) in [6.07, 6.45) is -0.0103. The Morgan fingerprint density at radius 3 is 2.04 bits per heavy atom. The fraction of sp³-hybridized carbons (Fsp3) is 0.692. The van der Waals surface area contributed by atoms with E-state index in [9.17, 15) is 19.2 Å². The second-order valence-corrected chi connectivity index (χ2v) is 5.44. The molecule has 4 amide bonds. The fourth-order valence-electron chi connectivity index (χ4n) is 2.28. The maximum absolute atomic E-state index is 12.2. The summed E-state index contributed by atoms with van der Waals surface area (Å²) in [7, 11) is 3.82. The standard InChI is InChI=1S/C13H22N4O6/c1-15-9(5-7-11(19)17(3)23)12(20)14-8(13(15)21)4-6-10(18)16(2)22/h8-9,22-23H,4-7H2,1-3H3,(H,14,20)/t8-,9-/m0/s1. The van der Waals surface area contributed by atoms with E-state index < -0.39 is 29.8 Å². The molecule has 1 saturated heterocycles. The summed E-state index contributed by atoms with van der Waals surface area (Å²) in [5.74, 6) is -1.91. The van der Waals surface area contributed by atoms with Crippen molar-refractivity contribution in [2.45, 2.75) is 37.8 Å². The minimum atomic E-state index is -0.844. The van der Waals surface area contributed by atoms with Crippen LogP contribution in [0.5, 0.6) is 0 Å². The van der Waals surface area contributed by atoms with Crippen molar-refractivity contribution >= 4 is 23.6 Å². The monoisotopic (exact) mass is 330 g/mol. The molecule has 0 radical (unpaired) electrons. The lowest BCUT2D eigenvalue weighted by atomic mass is 10.0. The van der Waals surface area contributed by atoms with Crippen molar-refractivity contribution in [2.24, 2.45) is 0 Å². The average Bonchev–Trinajstić information content (AvgIpc) is 2.48. The Kier molecular flexibility index (Phi) is 6.46. The second kappa shape index (κ2) is 7.88. The predicted molar refractivity (Wildman–Crippen MR) is 76.1 cm³/mol. The van der Waals surface area contributed by atoms with Crippen molar-refractivity contribution in [1.82, 2.24) is 20.3 Å². The van der Waals surface area contributed by atoms with Crippen LogP contribution >= 0.6 is 0 Å². The highest BCUT2D eigenvalue weighted by molar-refractivity contribution is 5.97. The van der Waals surface area contributed by atoms with Gasteiger partial charge in [0.25, 0.3) is 0 Å². The van der Waals surface area contributed by atoms with Crippen LogP contribution in [-0.4, -0.2) is 82.3 Å². The quantitative estimate of drug-likeness (QED) is 0.404. The number of hydrogen-bond donors (Lipinski definition) is 3. The zero-order valence-corrected chi connectivity index (χ0v) is 13.4. The van der Waals surface area contributed by atoms with E-state index in [1.165, 1.54) is 26.0 Å². The van der Waals surface area contributed by atoms with E-state index in [0.29, 0.717) is 10.1 Å². The molecule has 0 bridgehead atoms. The number of likely N-dealkylation sites (N-methyl/N-ethyl adjacent to an activating group) is 1. The third-order valence-corrected chi connectivity index (χ3v) is 3.73. The van der Waals surface area contributed by atoms with Crippen molar-refractivity contribution in [3.8, 4) is 0 Å². The first-order chi connectivity index (χ1) is 10.6. The molecule has 0 aliphatic carbocycles. The van der Waals surface area contributed by atoms with Crippen LogP contribution in [0.2, 0.25) is 0 Å². The molecule has 1 fully saturated rings. The first kappa shape index (κ1) is 18.8. The lowest BCUT2D eigenvalue weighted by Crippen LogP contribution is -2.62. The molecule has 3 N–H and O–H groups in total. The highest BCUT2D eigenvalue weighted by Crippen LogP contribution is 2.16. The Morgan fingerprint density at radius 1 is 1.09 bits per heavy atom. The molecule has 0 saturated carbocycles. The van der Waals surface area contributed by atoms with E-state index in [2.05, 4.69) is 5.32 Å². The molecular formula is C13H22N4O6. The minimum Gasteiger partial charge on any atom is -0.342 e. The van der Waals surface area contributed by atoms with Gasteiger partial charge in [0.05, 0.1) is 0 Å². The van der Waals surface area contributed by atoms with Crippen molar-refractivity contribution in [3.63, 3.8) is 0 Å². The molecule has 130 valence electrons. The number of amides is 4. The first-order valence-electron chi connectivity index (χ1n) is 7.13. The first-order valence-corrected chi connectivity index (χ1v) is 7.13. The van der Waals surface area contributed by atoms with Gasteiger partial charge in [0, 0.05) is 34.0 Å². The van der Waals surface area contributed by atoms with Crippen molar-refractivity contribution in [2.75, 3.05) is 21.1 Å². The molecule has 0 unspecified atom stereocenters. The van der Waals surface area contributed by atoms with Gasteiger partial charge in [-0.15, -0.1) is 0 Å². The number of hydroxylamine groups is 4. The van der Waals surface area contributed by atoms with E-state index in [-0.39, 0.29) is 31.6 Å². The van der Waals surface area contributed by atoms with Gasteiger partial charge in [-0.3, -0.25) is 29.6 Å². The Morgan fingerprint density at radius 2 is 1.57 bits per heavy atom. The van der Waals surface area contributed by atoms with Crippen LogP contribution in [0.15, 0.2) is 0 Å². The smallest absolute Gasteiger partial charge is 0.245 e. The maximum Gasteiger partial charge on any atom is 0.245 e. The van der Waals surface area contributed by atoms with E-state index in [0.717, 1.165) is 0 Å². The Labute approximate surface area is 133 Å². The minimum absolute atomic E-state index is 0.0731. The van der Waals surface area contributed by atoms with Crippen LogP contribution in [0.1, 0.15) is 25.7 Å². The molecule has 1 aliphatic rings. The summed E-state index contributed by atoms with van der Waals surface area (Å²) in [5, 5.41) is 21.3. The van der Waals surface area contributed by atoms with Gasteiger partial charge < -0.3 is 10.2 Å². The Balaban J connectivity index is 2.61. The summed E-state index contributed by atoms with van der Waals surface area (Å²) < 4.78 is 0. The Bertz CT molecular complexity index is 493. The van der Waals surface area contributed by atoms with Crippen LogP contribution in [0.25, 0.3) is 0 Å². The molecule has 1 heterocycles. The molecule has 1 aliphatic heterocycles. The molecule has 23 heavy (non-hydrogen) atoms. The number of hydrogen-bond acceptors (Lipinski definition) is 6. The van der Waals surface area contributed by atoms with Gasteiger partial charge in [0.15, 0.2) is 0 Å². The van der Waals surface area contributed by atoms with Gasteiger partial charge in [0.2, 0.25) is 23.6 Å². The largest absolute Gasteiger partial charge is 0.342 e. The summed E-state index contributed by atoms with van der Waals surface area (Å²) in [5.41, 5.74) is 0. The van der Waals surface area contributed by atoms with Gasteiger partial charge >= 0.3 is 0 Å². The topological polar surface area (TPSA) is 130 Å². The van der Waals surface area contributed by atoms with E-state index >= 15 is 0 Å². The summed E-state index contributed by atoms with van der Waals surface area (Å²) in [6.45, 7) is 0. The molecule has 0 spiro atoms. The van der Waals surface area contributed by atoms with Crippen LogP contribution < -0.4 is 5.32 Å². The lowest BCUT2D eigenvalue weighted by Gasteiger charge is -2.36. The number of piperazine rings is 1. The zero-order chi connectivity index (χ0) is 17.7. The van der Waals surface area contributed by atoms with Crippen LogP contribution in [0.3, 0.4) is 0 Å². The number of rotatable bonds is 6. The van der Waals surface area contributed by atoms with E-state index in [4.69, 9.17) is 10.4 Å². The van der Waals surface area contributed by atoms with Gasteiger partial charge in [-0.2, -0.15) is 0 Å². The molecule has 0 aromatic carbocycles. The third kappa shape index (κ3) is 4.89. The molecule has 0 aromatic heterocycles. The van der Waals surface area contributed by atoms with Crippen molar-refractivity contribution in [1.29, 1.82) is 0 Å². The molecule has 10 heteroatoms. The van der Waals surface area contributed by atoms with Crippen molar-refractivity contribution < 1.29 is 29.6 Å².